The lowest BCUT2D eigenvalue weighted by molar-refractivity contribution is -0.117. The van der Waals surface area contributed by atoms with E-state index in [2.05, 4.69) is 0 Å². The summed E-state index contributed by atoms with van der Waals surface area (Å²) >= 11 is 0. The van der Waals surface area contributed by atoms with Crippen LogP contribution in [0.2, 0.25) is 0 Å². The molecule has 0 aliphatic heterocycles. The standard InChI is InChI=1S/C9H9FO/c10-8-2-1-6-4-9(11)5-7(6)3-8/h1-3,6-7H,4-5H2. The van der Waals surface area contributed by atoms with Crippen molar-refractivity contribution >= 4 is 5.78 Å². The molecule has 2 aliphatic rings. The fraction of sp³-hybridized carbons (Fsp3) is 0.444. The predicted octanol–water partition coefficient (Wildman–Crippen LogP) is 2.00. The summed E-state index contributed by atoms with van der Waals surface area (Å²) in [5.41, 5.74) is 0. The Kier molecular flexibility index (Phi) is 1.41. The van der Waals surface area contributed by atoms with Gasteiger partial charge in [-0.1, -0.05) is 6.08 Å². The van der Waals surface area contributed by atoms with Gasteiger partial charge in [0.25, 0.3) is 0 Å². The molecular formula is C9H9FO. The summed E-state index contributed by atoms with van der Waals surface area (Å²) in [7, 11) is 0. The van der Waals surface area contributed by atoms with Gasteiger partial charge in [0.15, 0.2) is 0 Å². The molecule has 1 saturated carbocycles. The van der Waals surface area contributed by atoms with Gasteiger partial charge >= 0.3 is 0 Å². The molecule has 0 heterocycles. The second kappa shape index (κ2) is 2.29. The van der Waals surface area contributed by atoms with Crippen molar-refractivity contribution in [1.82, 2.24) is 0 Å². The van der Waals surface area contributed by atoms with E-state index in [0.717, 1.165) is 0 Å². The van der Waals surface area contributed by atoms with Crippen LogP contribution in [0.3, 0.4) is 0 Å². The molecule has 0 N–H and O–H groups in total. The maximum absolute atomic E-state index is 12.6. The molecule has 0 aromatic heterocycles. The van der Waals surface area contributed by atoms with Gasteiger partial charge in [0.2, 0.25) is 0 Å². The number of hydrogen-bond donors (Lipinski definition) is 0. The first-order valence-electron chi connectivity index (χ1n) is 3.83. The molecule has 2 heteroatoms. The van der Waals surface area contributed by atoms with Crippen molar-refractivity contribution in [2.45, 2.75) is 12.8 Å². The molecule has 0 aromatic rings. The molecule has 0 saturated heterocycles. The van der Waals surface area contributed by atoms with E-state index in [1.807, 2.05) is 6.08 Å². The molecule has 1 fully saturated rings. The quantitative estimate of drug-likeness (QED) is 0.519. The highest BCUT2D eigenvalue weighted by Crippen LogP contribution is 2.35. The highest BCUT2D eigenvalue weighted by molar-refractivity contribution is 5.82. The number of rotatable bonds is 0. The van der Waals surface area contributed by atoms with E-state index in [-0.39, 0.29) is 23.4 Å². The Hall–Kier alpha value is -0.920. The summed E-state index contributed by atoms with van der Waals surface area (Å²) in [6.07, 6.45) is 5.97. The number of Topliss-reactive ketones (excluding diaryl/α,β-unsaturated/α-hetero) is 1. The summed E-state index contributed by atoms with van der Waals surface area (Å²) < 4.78 is 12.6. The van der Waals surface area contributed by atoms with Gasteiger partial charge in [-0.25, -0.2) is 4.39 Å². The summed E-state index contributed by atoms with van der Waals surface area (Å²) in [4.78, 5) is 10.9. The Morgan fingerprint density at radius 3 is 2.91 bits per heavy atom. The van der Waals surface area contributed by atoms with Gasteiger partial charge in [-0.2, -0.15) is 0 Å². The van der Waals surface area contributed by atoms with Gasteiger partial charge in [-0.3, -0.25) is 4.79 Å². The van der Waals surface area contributed by atoms with Gasteiger partial charge in [0.1, 0.15) is 11.6 Å². The molecule has 0 spiro atoms. The highest BCUT2D eigenvalue weighted by atomic mass is 19.1. The minimum absolute atomic E-state index is 0.146. The van der Waals surface area contributed by atoms with Crippen LogP contribution in [-0.4, -0.2) is 5.78 Å². The lowest BCUT2D eigenvalue weighted by Gasteiger charge is -2.13. The zero-order chi connectivity index (χ0) is 7.84. The maximum atomic E-state index is 12.6. The summed E-state index contributed by atoms with van der Waals surface area (Å²) in [6, 6.07) is 0. The maximum Gasteiger partial charge on any atom is 0.134 e. The number of halogens is 1. The van der Waals surface area contributed by atoms with E-state index < -0.39 is 0 Å². The average Bonchev–Trinajstić information content (AvgIpc) is 2.27. The van der Waals surface area contributed by atoms with Crippen LogP contribution >= 0.6 is 0 Å². The van der Waals surface area contributed by atoms with E-state index >= 15 is 0 Å². The van der Waals surface area contributed by atoms with Crippen LogP contribution in [0.25, 0.3) is 0 Å². The molecule has 58 valence electrons. The topological polar surface area (TPSA) is 17.1 Å². The molecule has 11 heavy (non-hydrogen) atoms. The van der Waals surface area contributed by atoms with Crippen molar-refractivity contribution in [2.75, 3.05) is 0 Å². The van der Waals surface area contributed by atoms with Crippen molar-refractivity contribution in [3.05, 3.63) is 24.1 Å². The Bertz CT molecular complexity index is 252. The molecule has 1 nitrogen and oxygen atoms in total. The van der Waals surface area contributed by atoms with Gasteiger partial charge < -0.3 is 0 Å². The number of carbonyl (C=O) groups is 1. The van der Waals surface area contributed by atoms with E-state index in [1.54, 1.807) is 6.08 Å². The highest BCUT2D eigenvalue weighted by Gasteiger charge is 2.31. The third kappa shape index (κ3) is 1.13. The van der Waals surface area contributed by atoms with Gasteiger partial charge in [0, 0.05) is 12.8 Å². The molecule has 2 atom stereocenters. The molecule has 2 aliphatic carbocycles. The van der Waals surface area contributed by atoms with E-state index in [0.29, 0.717) is 12.8 Å². The van der Waals surface area contributed by atoms with Crippen LogP contribution in [0.15, 0.2) is 24.1 Å². The first kappa shape index (κ1) is 6.77. The first-order chi connectivity index (χ1) is 5.25. The Morgan fingerprint density at radius 2 is 2.09 bits per heavy atom. The summed E-state index contributed by atoms with van der Waals surface area (Å²) in [5, 5.41) is 0. The van der Waals surface area contributed by atoms with Crippen LogP contribution in [0.5, 0.6) is 0 Å². The van der Waals surface area contributed by atoms with E-state index in [9.17, 15) is 9.18 Å². The Morgan fingerprint density at radius 1 is 1.36 bits per heavy atom. The fourth-order valence-corrected chi connectivity index (χ4v) is 1.78. The van der Waals surface area contributed by atoms with E-state index in [1.165, 1.54) is 6.08 Å². The van der Waals surface area contributed by atoms with Crippen molar-refractivity contribution in [2.24, 2.45) is 11.8 Å². The number of fused-ring (bicyclic) bond motifs is 1. The fourth-order valence-electron chi connectivity index (χ4n) is 1.78. The molecule has 0 radical (unpaired) electrons. The van der Waals surface area contributed by atoms with E-state index in [4.69, 9.17) is 0 Å². The van der Waals surface area contributed by atoms with Crippen LogP contribution in [0.4, 0.5) is 4.39 Å². The molecule has 0 bridgehead atoms. The smallest absolute Gasteiger partial charge is 0.134 e. The summed E-state index contributed by atoms with van der Waals surface area (Å²) in [6.45, 7) is 0. The van der Waals surface area contributed by atoms with Gasteiger partial charge in [-0.05, 0) is 24.0 Å². The first-order valence-corrected chi connectivity index (χ1v) is 3.83. The minimum Gasteiger partial charge on any atom is -0.300 e. The largest absolute Gasteiger partial charge is 0.300 e. The van der Waals surface area contributed by atoms with Crippen molar-refractivity contribution in [3.63, 3.8) is 0 Å². The molecule has 2 rings (SSSR count). The zero-order valence-corrected chi connectivity index (χ0v) is 6.09. The number of ketones is 1. The van der Waals surface area contributed by atoms with Crippen LogP contribution < -0.4 is 0 Å². The summed E-state index contributed by atoms with van der Waals surface area (Å²) in [5.74, 6) is 0.492. The van der Waals surface area contributed by atoms with Crippen molar-refractivity contribution < 1.29 is 9.18 Å². The zero-order valence-electron chi connectivity index (χ0n) is 6.09. The number of allylic oxidation sites excluding steroid dienone is 4. The molecule has 0 amide bonds. The van der Waals surface area contributed by atoms with Crippen LogP contribution in [-0.2, 0) is 4.79 Å². The second-order valence-corrected chi connectivity index (χ2v) is 3.19. The minimum atomic E-state index is -0.194. The SMILES string of the molecule is O=C1CC2C=CC(F)=CC2C1. The second-order valence-electron chi connectivity index (χ2n) is 3.19. The molecule has 0 aromatic carbocycles. The monoisotopic (exact) mass is 152 g/mol. The van der Waals surface area contributed by atoms with Gasteiger partial charge in [0.05, 0.1) is 0 Å². The van der Waals surface area contributed by atoms with Crippen LogP contribution in [0, 0.1) is 11.8 Å². The number of hydrogen-bond acceptors (Lipinski definition) is 1. The van der Waals surface area contributed by atoms with Gasteiger partial charge in [-0.15, -0.1) is 0 Å². The third-order valence-electron chi connectivity index (χ3n) is 2.35. The van der Waals surface area contributed by atoms with Crippen molar-refractivity contribution in [3.8, 4) is 0 Å². The van der Waals surface area contributed by atoms with Crippen molar-refractivity contribution in [1.29, 1.82) is 0 Å². The lowest BCUT2D eigenvalue weighted by Crippen LogP contribution is -2.05. The Balaban J connectivity index is 2.23. The molecular weight excluding hydrogens is 143 g/mol. The van der Waals surface area contributed by atoms with Crippen LogP contribution in [0.1, 0.15) is 12.8 Å². The molecule has 2 unspecified atom stereocenters. The Labute approximate surface area is 64.6 Å². The normalized spacial score (nSPS) is 35.4. The number of carbonyl (C=O) groups excluding carboxylic acids is 1. The average molecular weight is 152 g/mol. The lowest BCUT2D eigenvalue weighted by atomic mass is 9.92. The third-order valence-corrected chi connectivity index (χ3v) is 2.35. The predicted molar refractivity (Wildman–Crippen MR) is 39.6 cm³/mol.